The third-order valence-corrected chi connectivity index (χ3v) is 1.78. The van der Waals surface area contributed by atoms with Crippen molar-refractivity contribution in [3.05, 3.63) is 35.9 Å². The number of hydrogen-bond donors (Lipinski definition) is 0. The molecule has 1 heteroatoms. The number of hydrogen-bond acceptors (Lipinski definition) is 0. The van der Waals surface area contributed by atoms with Crippen molar-refractivity contribution in [2.75, 3.05) is 13.1 Å². The normalized spacial score (nSPS) is 10.1. The standard InChI is InChI=1S/C11H16N/c1-2-9-12-10-8-11-6-4-3-5-7-11/h3-7H,2,8-10H2,1H3. The van der Waals surface area contributed by atoms with Gasteiger partial charge in [0.1, 0.15) is 0 Å². The van der Waals surface area contributed by atoms with Gasteiger partial charge in [-0.1, -0.05) is 37.3 Å². The molecule has 1 aromatic carbocycles. The Labute approximate surface area is 74.8 Å². The molecule has 1 radical (unpaired) electrons. The van der Waals surface area contributed by atoms with Gasteiger partial charge in [-0.3, -0.25) is 0 Å². The summed E-state index contributed by atoms with van der Waals surface area (Å²) in [6, 6.07) is 10.5. The molecule has 0 saturated heterocycles. The summed E-state index contributed by atoms with van der Waals surface area (Å²) >= 11 is 0. The minimum absolute atomic E-state index is 0.970. The summed E-state index contributed by atoms with van der Waals surface area (Å²) in [5.74, 6) is 0. The molecule has 1 aromatic rings. The van der Waals surface area contributed by atoms with Gasteiger partial charge in [0.05, 0.1) is 0 Å². The van der Waals surface area contributed by atoms with Crippen LogP contribution in [-0.4, -0.2) is 13.1 Å². The van der Waals surface area contributed by atoms with Crippen LogP contribution in [0.3, 0.4) is 0 Å². The highest BCUT2D eigenvalue weighted by molar-refractivity contribution is 5.14. The fourth-order valence-corrected chi connectivity index (χ4v) is 1.12. The van der Waals surface area contributed by atoms with Crippen LogP contribution in [0.5, 0.6) is 0 Å². The molecular formula is C11H16N. The molecule has 0 atom stereocenters. The lowest BCUT2D eigenvalue weighted by Gasteiger charge is -2.00. The van der Waals surface area contributed by atoms with Crippen LogP contribution in [0.25, 0.3) is 0 Å². The van der Waals surface area contributed by atoms with Gasteiger partial charge >= 0.3 is 0 Å². The van der Waals surface area contributed by atoms with E-state index in [4.69, 9.17) is 0 Å². The third-order valence-electron chi connectivity index (χ3n) is 1.78. The molecule has 1 rings (SSSR count). The molecule has 1 nitrogen and oxygen atoms in total. The van der Waals surface area contributed by atoms with E-state index in [1.165, 1.54) is 5.56 Å². The van der Waals surface area contributed by atoms with Crippen LogP contribution >= 0.6 is 0 Å². The maximum Gasteiger partial charge on any atom is 0.0173 e. The highest BCUT2D eigenvalue weighted by Crippen LogP contribution is 1.98. The second kappa shape index (κ2) is 5.78. The maximum atomic E-state index is 4.39. The van der Waals surface area contributed by atoms with Crippen molar-refractivity contribution in [1.29, 1.82) is 0 Å². The van der Waals surface area contributed by atoms with Gasteiger partial charge in [-0.15, -0.1) is 0 Å². The molecule has 65 valence electrons. The first-order valence-electron chi connectivity index (χ1n) is 4.60. The Morgan fingerprint density at radius 3 is 2.50 bits per heavy atom. The fourth-order valence-electron chi connectivity index (χ4n) is 1.12. The van der Waals surface area contributed by atoms with Gasteiger partial charge in [-0.2, -0.15) is 0 Å². The lowest BCUT2D eigenvalue weighted by molar-refractivity contribution is 0.658. The predicted molar refractivity (Wildman–Crippen MR) is 52.3 cm³/mol. The van der Waals surface area contributed by atoms with E-state index in [1.807, 2.05) is 6.07 Å². The third kappa shape index (κ3) is 3.54. The lowest BCUT2D eigenvalue weighted by atomic mass is 10.1. The van der Waals surface area contributed by atoms with Crippen molar-refractivity contribution in [2.45, 2.75) is 19.8 Å². The molecule has 0 spiro atoms. The average molecular weight is 162 g/mol. The van der Waals surface area contributed by atoms with Crippen LogP contribution < -0.4 is 5.32 Å². The van der Waals surface area contributed by atoms with Crippen molar-refractivity contribution >= 4 is 0 Å². The molecule has 0 aromatic heterocycles. The molecule has 0 bridgehead atoms. The Kier molecular flexibility index (Phi) is 4.47. The van der Waals surface area contributed by atoms with Crippen molar-refractivity contribution in [3.8, 4) is 0 Å². The molecule has 0 aliphatic rings. The first-order valence-corrected chi connectivity index (χ1v) is 4.60. The summed E-state index contributed by atoms with van der Waals surface area (Å²) in [5.41, 5.74) is 1.39. The van der Waals surface area contributed by atoms with E-state index >= 15 is 0 Å². The molecular weight excluding hydrogens is 146 g/mol. The zero-order valence-electron chi connectivity index (χ0n) is 7.66. The first-order chi connectivity index (χ1) is 5.93. The van der Waals surface area contributed by atoms with Gasteiger partial charge in [0.2, 0.25) is 0 Å². The minimum Gasteiger partial charge on any atom is -0.241 e. The molecule has 0 aliphatic heterocycles. The van der Waals surface area contributed by atoms with Crippen molar-refractivity contribution in [2.24, 2.45) is 0 Å². The van der Waals surface area contributed by atoms with Crippen molar-refractivity contribution in [3.63, 3.8) is 0 Å². The van der Waals surface area contributed by atoms with Crippen LogP contribution in [0.1, 0.15) is 18.9 Å². The van der Waals surface area contributed by atoms with E-state index in [9.17, 15) is 0 Å². The van der Waals surface area contributed by atoms with Crippen LogP contribution in [0.4, 0.5) is 0 Å². The zero-order valence-corrected chi connectivity index (χ0v) is 7.66. The van der Waals surface area contributed by atoms with Crippen LogP contribution in [0.15, 0.2) is 30.3 Å². The summed E-state index contributed by atoms with van der Waals surface area (Å²) in [7, 11) is 0. The second-order valence-electron chi connectivity index (χ2n) is 2.91. The van der Waals surface area contributed by atoms with Crippen LogP contribution in [0, 0.1) is 0 Å². The van der Waals surface area contributed by atoms with E-state index in [1.54, 1.807) is 0 Å². The SMILES string of the molecule is CCC[N]CCc1ccccc1. The fraction of sp³-hybridized carbons (Fsp3) is 0.455. The highest BCUT2D eigenvalue weighted by atomic mass is 14.8. The molecule has 12 heavy (non-hydrogen) atoms. The van der Waals surface area contributed by atoms with Gasteiger partial charge < -0.3 is 0 Å². The van der Waals surface area contributed by atoms with E-state index in [0.717, 1.165) is 25.9 Å². The van der Waals surface area contributed by atoms with E-state index < -0.39 is 0 Å². The summed E-state index contributed by atoms with van der Waals surface area (Å²) in [4.78, 5) is 0. The first kappa shape index (κ1) is 9.27. The van der Waals surface area contributed by atoms with Crippen molar-refractivity contribution in [1.82, 2.24) is 5.32 Å². The van der Waals surface area contributed by atoms with Gasteiger partial charge in [0, 0.05) is 13.1 Å². The minimum atomic E-state index is 0.970. The smallest absolute Gasteiger partial charge is 0.0173 e. The quantitative estimate of drug-likeness (QED) is 0.590. The Bertz CT molecular complexity index is 193. The average Bonchev–Trinajstić information content (AvgIpc) is 2.14. The molecule has 0 amide bonds. The summed E-state index contributed by atoms with van der Waals surface area (Å²) in [6.45, 7) is 4.14. The van der Waals surface area contributed by atoms with E-state index in [-0.39, 0.29) is 0 Å². The highest BCUT2D eigenvalue weighted by Gasteiger charge is 1.90. The number of nitrogens with zero attached hydrogens (tertiary/aromatic N) is 1. The van der Waals surface area contributed by atoms with Gasteiger partial charge in [0.25, 0.3) is 0 Å². The lowest BCUT2D eigenvalue weighted by Crippen LogP contribution is -2.09. The van der Waals surface area contributed by atoms with Crippen LogP contribution in [-0.2, 0) is 6.42 Å². The zero-order chi connectivity index (χ0) is 8.65. The number of rotatable bonds is 5. The Morgan fingerprint density at radius 2 is 1.83 bits per heavy atom. The Hall–Kier alpha value is -0.820. The summed E-state index contributed by atoms with van der Waals surface area (Å²) < 4.78 is 0. The maximum absolute atomic E-state index is 4.39. The summed E-state index contributed by atoms with van der Waals surface area (Å²) in [6.07, 6.45) is 2.25. The molecule has 0 fully saturated rings. The van der Waals surface area contributed by atoms with Gasteiger partial charge in [-0.25, -0.2) is 5.32 Å². The molecule has 0 aliphatic carbocycles. The summed E-state index contributed by atoms with van der Waals surface area (Å²) in [5, 5.41) is 4.39. The molecule has 0 N–H and O–H groups in total. The van der Waals surface area contributed by atoms with Crippen molar-refractivity contribution < 1.29 is 0 Å². The topological polar surface area (TPSA) is 14.1 Å². The largest absolute Gasteiger partial charge is 0.241 e. The monoisotopic (exact) mass is 162 g/mol. The van der Waals surface area contributed by atoms with Crippen LogP contribution in [0.2, 0.25) is 0 Å². The molecule has 0 saturated carbocycles. The van der Waals surface area contributed by atoms with Gasteiger partial charge in [-0.05, 0) is 18.4 Å². The van der Waals surface area contributed by atoms with E-state index in [2.05, 4.69) is 36.5 Å². The Balaban J connectivity index is 2.16. The Morgan fingerprint density at radius 1 is 1.08 bits per heavy atom. The molecule has 0 heterocycles. The second-order valence-corrected chi connectivity index (χ2v) is 2.91. The van der Waals surface area contributed by atoms with E-state index in [0.29, 0.717) is 0 Å². The van der Waals surface area contributed by atoms with Gasteiger partial charge in [0.15, 0.2) is 0 Å². The predicted octanol–water partition coefficient (Wildman–Crippen LogP) is 2.24. The molecule has 0 unspecified atom stereocenters. The number of benzene rings is 1.